The molecular weight excluding hydrogens is 531 g/mol. The molecule has 200 valence electrons. The number of hydrogen-bond donors (Lipinski definition) is 1. The van der Waals surface area contributed by atoms with Gasteiger partial charge in [0.1, 0.15) is 10.5 Å². The van der Waals surface area contributed by atoms with Crippen molar-refractivity contribution < 1.29 is 42.5 Å². The van der Waals surface area contributed by atoms with E-state index in [9.17, 15) is 37.7 Å². The van der Waals surface area contributed by atoms with Crippen LogP contribution >= 0.6 is 10.2 Å². The van der Waals surface area contributed by atoms with E-state index in [4.69, 9.17) is 4.74 Å². The fourth-order valence-electron chi connectivity index (χ4n) is 3.65. The molecule has 0 aliphatic carbocycles. The summed E-state index contributed by atoms with van der Waals surface area (Å²) < 4.78 is 94.7. The second kappa shape index (κ2) is 8.50. The molecular formula is C22H25F5N2O5S2. The van der Waals surface area contributed by atoms with Gasteiger partial charge in [-0.2, -0.15) is 0 Å². The van der Waals surface area contributed by atoms with Crippen LogP contribution in [0.3, 0.4) is 0 Å². The summed E-state index contributed by atoms with van der Waals surface area (Å²) >= 11 is 0. The van der Waals surface area contributed by atoms with Crippen LogP contribution in [0.15, 0.2) is 59.0 Å². The lowest BCUT2D eigenvalue weighted by atomic mass is 10.0. The second-order valence-corrected chi connectivity index (χ2v) is 13.3. The van der Waals surface area contributed by atoms with E-state index in [1.807, 2.05) is 0 Å². The van der Waals surface area contributed by atoms with Gasteiger partial charge in [-0.25, -0.2) is 8.42 Å². The van der Waals surface area contributed by atoms with Gasteiger partial charge in [0.2, 0.25) is 0 Å². The van der Waals surface area contributed by atoms with Gasteiger partial charge in [-0.1, -0.05) is 31.6 Å². The van der Waals surface area contributed by atoms with Crippen LogP contribution in [0.4, 0.5) is 19.4 Å². The maximum absolute atomic E-state index is 13.5. The average Bonchev–Trinajstić information content (AvgIpc) is 3.10. The minimum Gasteiger partial charge on any atom is -0.384 e. The minimum absolute atomic E-state index is 0.130. The number of carbonyl (C=O) groups is 1. The minimum atomic E-state index is -9.91. The molecule has 36 heavy (non-hydrogen) atoms. The monoisotopic (exact) mass is 556 g/mol. The Morgan fingerprint density at radius 2 is 1.81 bits per heavy atom. The average molecular weight is 557 g/mol. The number of aliphatic hydroxyl groups is 1. The Balaban J connectivity index is 1.98. The molecule has 0 spiro atoms. The molecule has 0 saturated carbocycles. The number of benzene rings is 1. The summed E-state index contributed by atoms with van der Waals surface area (Å²) in [6.07, 6.45) is 1.19. The Labute approximate surface area is 205 Å². The Hall–Kier alpha value is -2.55. The van der Waals surface area contributed by atoms with Gasteiger partial charge in [-0.15, -0.1) is 0 Å². The number of sulfone groups is 1. The van der Waals surface area contributed by atoms with Crippen LogP contribution in [0.5, 0.6) is 0 Å². The summed E-state index contributed by atoms with van der Waals surface area (Å²) in [5.74, 6) is -1.23. The lowest BCUT2D eigenvalue weighted by Gasteiger charge is -2.40. The lowest BCUT2D eigenvalue weighted by molar-refractivity contribution is -0.144. The normalized spacial score (nSPS) is 20.4. The lowest BCUT2D eigenvalue weighted by Crippen LogP contribution is -2.43. The molecule has 1 aliphatic rings. The first-order chi connectivity index (χ1) is 16.2. The van der Waals surface area contributed by atoms with Crippen molar-refractivity contribution in [2.24, 2.45) is 0 Å². The highest BCUT2D eigenvalue weighted by atomic mass is 32.5. The van der Waals surface area contributed by atoms with Crippen molar-refractivity contribution in [2.45, 2.75) is 43.0 Å². The van der Waals surface area contributed by atoms with E-state index in [1.54, 1.807) is 6.07 Å². The van der Waals surface area contributed by atoms with Gasteiger partial charge >= 0.3 is 10.2 Å². The fourth-order valence-corrected chi connectivity index (χ4v) is 5.60. The van der Waals surface area contributed by atoms with Crippen LogP contribution in [0.25, 0.3) is 0 Å². The van der Waals surface area contributed by atoms with Gasteiger partial charge in [-0.05, 0) is 55.3 Å². The van der Waals surface area contributed by atoms with Crippen LogP contribution in [0.2, 0.25) is 0 Å². The molecule has 0 bridgehead atoms. The number of ether oxygens (including phenoxy) is 1. The highest BCUT2D eigenvalue weighted by molar-refractivity contribution is 8.45. The first-order valence-electron chi connectivity index (χ1n) is 10.5. The molecule has 0 radical (unpaired) electrons. The Kier molecular flexibility index (Phi) is 6.62. The quantitative estimate of drug-likeness (QED) is 0.460. The molecule has 2 atom stereocenters. The first-order valence-corrected chi connectivity index (χ1v) is 14.1. The van der Waals surface area contributed by atoms with Crippen molar-refractivity contribution >= 4 is 26.0 Å². The van der Waals surface area contributed by atoms with E-state index in [0.29, 0.717) is 5.56 Å². The van der Waals surface area contributed by atoms with E-state index >= 15 is 0 Å². The predicted molar refractivity (Wildman–Crippen MR) is 124 cm³/mol. The number of carbonyl (C=O) groups excluding carboxylic acids is 1. The highest BCUT2D eigenvalue weighted by Crippen LogP contribution is 3.02. The highest BCUT2D eigenvalue weighted by Gasteiger charge is 2.65. The zero-order valence-corrected chi connectivity index (χ0v) is 21.1. The number of amides is 1. The number of hydrogen-bond acceptors (Lipinski definition) is 6. The van der Waals surface area contributed by atoms with Gasteiger partial charge in [-0.3, -0.25) is 9.78 Å². The van der Waals surface area contributed by atoms with Gasteiger partial charge in [0.05, 0.1) is 17.5 Å². The molecule has 7 nitrogen and oxygen atoms in total. The zero-order chi connectivity index (χ0) is 27.2. The third-order valence-electron chi connectivity index (χ3n) is 5.49. The molecule has 1 aliphatic heterocycles. The molecule has 0 saturated heterocycles. The number of halogens is 5. The second-order valence-electron chi connectivity index (χ2n) is 8.95. The molecule has 14 heteroatoms. The molecule has 3 rings (SSSR count). The molecule has 2 heterocycles. The largest absolute Gasteiger partial charge is 0.384 e. The van der Waals surface area contributed by atoms with Crippen molar-refractivity contribution in [3.05, 3.63) is 70.9 Å². The van der Waals surface area contributed by atoms with Crippen molar-refractivity contribution in [3.8, 4) is 0 Å². The Bertz CT molecular complexity index is 1290. The van der Waals surface area contributed by atoms with E-state index in [-0.39, 0.29) is 29.9 Å². The van der Waals surface area contributed by atoms with Crippen LogP contribution in [-0.2, 0) is 31.5 Å². The molecule has 1 N–H and O–H groups in total. The first kappa shape index (κ1) is 28.0. The van der Waals surface area contributed by atoms with Gasteiger partial charge < -0.3 is 14.7 Å². The van der Waals surface area contributed by atoms with Crippen molar-refractivity contribution in [1.82, 2.24) is 9.88 Å². The summed E-state index contributed by atoms with van der Waals surface area (Å²) in [5, 5.41) is 11.2. The third-order valence-corrected chi connectivity index (χ3v) is 8.03. The molecule has 1 aromatic heterocycles. The van der Waals surface area contributed by atoms with E-state index in [0.717, 1.165) is 29.6 Å². The molecule has 0 fully saturated rings. The van der Waals surface area contributed by atoms with Crippen molar-refractivity contribution in [1.29, 1.82) is 0 Å². The van der Waals surface area contributed by atoms with Crippen LogP contribution in [0, 0.1) is 0 Å². The van der Waals surface area contributed by atoms with E-state index in [2.05, 4.69) is 4.98 Å². The maximum atomic E-state index is 13.5. The number of methoxy groups -OCH3 is 1. The number of aromatic nitrogens is 1. The number of rotatable bonds is 8. The van der Waals surface area contributed by atoms with Crippen LogP contribution in [0.1, 0.15) is 36.8 Å². The molecule has 1 aromatic carbocycles. The summed E-state index contributed by atoms with van der Waals surface area (Å²) in [5.41, 5.74) is -0.660. The summed E-state index contributed by atoms with van der Waals surface area (Å²) in [7, 11) is -12.4. The Morgan fingerprint density at radius 3 is 2.28 bits per heavy atom. The van der Waals surface area contributed by atoms with Gasteiger partial charge in [0.25, 0.3) is 5.91 Å². The smallest absolute Gasteiger partial charge is 0.310 e. The van der Waals surface area contributed by atoms with E-state index in [1.165, 1.54) is 32.2 Å². The molecule has 2 aromatic rings. The van der Waals surface area contributed by atoms with Crippen LogP contribution < -0.4 is 0 Å². The number of pyridine rings is 1. The summed E-state index contributed by atoms with van der Waals surface area (Å²) in [4.78, 5) is 16.6. The number of nitrogens with zero attached hydrogens (tertiary/aromatic N) is 2. The predicted octanol–water partition coefficient (Wildman–Crippen LogP) is 4.99. The van der Waals surface area contributed by atoms with Crippen LogP contribution in [-0.4, -0.2) is 48.2 Å². The van der Waals surface area contributed by atoms with E-state index < -0.39 is 54.4 Å². The molecule has 1 amide bonds. The summed E-state index contributed by atoms with van der Waals surface area (Å²) in [6, 6.07) is 3.95. The fraction of sp³-hybridized carbons (Fsp3) is 0.364. The standard InChI is InChI=1S/C22H25F5N2O5S2/c1-22(2,31)19-12-15(8-10-28-19)13-29(17-9-11-35(32,33)14-17)21(30)20(34-3)16-4-6-18(7-5-16)36(23,24,25,26)27/h4-12,17,20,31H,13-14H2,1-3H3. The van der Waals surface area contributed by atoms with Crippen molar-refractivity contribution in [3.63, 3.8) is 0 Å². The molecule has 2 unspecified atom stereocenters. The SMILES string of the molecule is COC(C(=O)N(Cc1ccnc(C(C)(C)O)c1)C1C=CS(=O)(=O)C1)c1ccc(S(F)(F)(F)(F)F)cc1. The third kappa shape index (κ3) is 6.60. The Morgan fingerprint density at radius 1 is 1.19 bits per heavy atom. The maximum Gasteiger partial charge on any atom is 0.310 e. The summed E-state index contributed by atoms with van der Waals surface area (Å²) in [6.45, 7) is 2.86. The topological polar surface area (TPSA) is 96.8 Å². The van der Waals surface area contributed by atoms with Gasteiger partial charge in [0, 0.05) is 25.3 Å². The zero-order valence-electron chi connectivity index (χ0n) is 19.4. The van der Waals surface area contributed by atoms with Gasteiger partial charge in [0.15, 0.2) is 15.9 Å². The van der Waals surface area contributed by atoms with Crippen molar-refractivity contribution in [2.75, 3.05) is 12.9 Å².